The summed E-state index contributed by atoms with van der Waals surface area (Å²) >= 11 is 0. The van der Waals surface area contributed by atoms with Gasteiger partial charge in [-0.05, 0) is 114 Å². The van der Waals surface area contributed by atoms with E-state index >= 15 is 0 Å². The molecule has 0 aromatic heterocycles. The molecular weight excluding hydrogens is 496 g/mol. The second-order valence-electron chi connectivity index (χ2n) is 12.3. The SMILES string of the molecule is CC(C)=CCC/C(C)=C/C=C/C(C)=C/C=C/C(C)=C/C=C/C=C(C)/C=C/C=C(\C)CC/C=C(\C)CCCC(C)(C)O. The van der Waals surface area contributed by atoms with Gasteiger partial charge in [0.1, 0.15) is 0 Å². The van der Waals surface area contributed by atoms with Gasteiger partial charge in [-0.1, -0.05) is 130 Å². The minimum absolute atomic E-state index is 0.557. The van der Waals surface area contributed by atoms with E-state index in [4.69, 9.17) is 0 Å². The molecule has 0 saturated carbocycles. The van der Waals surface area contributed by atoms with Crippen LogP contribution in [-0.4, -0.2) is 10.7 Å². The van der Waals surface area contributed by atoms with Gasteiger partial charge in [0.2, 0.25) is 0 Å². The predicted octanol–water partition coefficient (Wildman–Crippen LogP) is 12.4. The fourth-order valence-electron chi connectivity index (χ4n) is 3.86. The fourth-order valence-corrected chi connectivity index (χ4v) is 3.86. The standard InChI is InChI=1S/C40H60O/c1-33(2)19-13-22-36(5)25-16-28-37(6)26-14-23-34(3)20-11-12-21-35(4)24-15-27-38(7)29-17-30-39(8)31-18-32-40(9,10)41/h11-12,14-16,19-21,23-28,30,41H,13,17-18,22,29,31-32H2,1-10H3/b12-11+,23-14+,24-15+,28-16+,34-20+,35-21+,36-25+,37-26+,38-27+,39-30+. The molecule has 0 spiro atoms. The lowest BCUT2D eigenvalue weighted by Gasteiger charge is -2.16. The van der Waals surface area contributed by atoms with Crippen LogP contribution < -0.4 is 0 Å². The average Bonchev–Trinajstić information content (AvgIpc) is 2.85. The largest absolute Gasteiger partial charge is 0.390 e. The third-order valence-electron chi connectivity index (χ3n) is 6.51. The van der Waals surface area contributed by atoms with Gasteiger partial charge in [0.05, 0.1) is 5.60 Å². The van der Waals surface area contributed by atoms with Crippen LogP contribution in [0.25, 0.3) is 0 Å². The van der Waals surface area contributed by atoms with Gasteiger partial charge in [0.25, 0.3) is 0 Å². The highest BCUT2D eigenvalue weighted by Gasteiger charge is 2.11. The topological polar surface area (TPSA) is 20.2 Å². The van der Waals surface area contributed by atoms with Crippen molar-refractivity contribution in [3.8, 4) is 0 Å². The molecule has 1 heteroatoms. The lowest BCUT2D eigenvalue weighted by Crippen LogP contribution is -2.17. The Morgan fingerprint density at radius 1 is 0.512 bits per heavy atom. The Labute approximate surface area is 254 Å². The summed E-state index contributed by atoms with van der Waals surface area (Å²) in [6.07, 6.45) is 39.8. The Kier molecular flexibility index (Phi) is 21.1. The molecule has 226 valence electrons. The van der Waals surface area contributed by atoms with Crippen LogP contribution in [0.15, 0.2) is 130 Å². The van der Waals surface area contributed by atoms with Crippen molar-refractivity contribution in [1.82, 2.24) is 0 Å². The number of hydrogen-bond acceptors (Lipinski definition) is 1. The zero-order valence-electron chi connectivity index (χ0n) is 28.1. The molecule has 0 fully saturated rings. The minimum atomic E-state index is -0.557. The van der Waals surface area contributed by atoms with Crippen LogP contribution in [0, 0.1) is 0 Å². The number of hydrogen-bond donors (Lipinski definition) is 1. The first kappa shape index (κ1) is 38.1. The third-order valence-corrected chi connectivity index (χ3v) is 6.51. The van der Waals surface area contributed by atoms with Crippen molar-refractivity contribution in [2.45, 2.75) is 120 Å². The molecule has 0 heterocycles. The van der Waals surface area contributed by atoms with Crippen LogP contribution in [0.5, 0.6) is 0 Å². The van der Waals surface area contributed by atoms with E-state index in [1.807, 2.05) is 13.8 Å². The van der Waals surface area contributed by atoms with Gasteiger partial charge in [-0.2, -0.15) is 0 Å². The first-order chi connectivity index (χ1) is 19.3. The molecule has 0 aromatic rings. The Morgan fingerprint density at radius 2 is 0.927 bits per heavy atom. The summed E-state index contributed by atoms with van der Waals surface area (Å²) in [4.78, 5) is 0. The van der Waals surface area contributed by atoms with Crippen LogP contribution in [0.1, 0.15) is 114 Å². The van der Waals surface area contributed by atoms with Crippen LogP contribution >= 0.6 is 0 Å². The molecular formula is C40H60O. The van der Waals surface area contributed by atoms with Gasteiger partial charge in [0.15, 0.2) is 0 Å². The van der Waals surface area contributed by atoms with Crippen LogP contribution in [-0.2, 0) is 0 Å². The molecule has 0 atom stereocenters. The van der Waals surface area contributed by atoms with Crippen LogP contribution in [0.3, 0.4) is 0 Å². The monoisotopic (exact) mass is 556 g/mol. The Bertz CT molecular complexity index is 1090. The smallest absolute Gasteiger partial charge is 0.0591 e. The van der Waals surface area contributed by atoms with Crippen LogP contribution in [0.2, 0.25) is 0 Å². The maximum atomic E-state index is 9.83. The average molecular weight is 557 g/mol. The van der Waals surface area contributed by atoms with Crippen molar-refractivity contribution in [2.75, 3.05) is 0 Å². The second kappa shape index (κ2) is 22.8. The van der Waals surface area contributed by atoms with Crippen molar-refractivity contribution in [1.29, 1.82) is 0 Å². The molecule has 41 heavy (non-hydrogen) atoms. The van der Waals surface area contributed by atoms with E-state index in [1.54, 1.807) is 0 Å². The molecule has 1 nitrogen and oxygen atoms in total. The molecule has 0 aliphatic heterocycles. The zero-order valence-corrected chi connectivity index (χ0v) is 28.1. The summed E-state index contributed by atoms with van der Waals surface area (Å²) in [6.45, 7) is 21.0. The van der Waals surface area contributed by atoms with E-state index in [-0.39, 0.29) is 0 Å². The van der Waals surface area contributed by atoms with Gasteiger partial charge in [0, 0.05) is 0 Å². The van der Waals surface area contributed by atoms with Gasteiger partial charge in [-0.15, -0.1) is 0 Å². The molecule has 0 aliphatic rings. The summed E-state index contributed by atoms with van der Waals surface area (Å²) < 4.78 is 0. The summed E-state index contributed by atoms with van der Waals surface area (Å²) in [5.41, 5.74) is 8.72. The molecule has 0 aromatic carbocycles. The summed E-state index contributed by atoms with van der Waals surface area (Å²) in [5.74, 6) is 0. The molecule has 0 bridgehead atoms. The van der Waals surface area contributed by atoms with Crippen molar-refractivity contribution in [2.24, 2.45) is 0 Å². The second-order valence-corrected chi connectivity index (χ2v) is 12.3. The number of aliphatic hydroxyl groups is 1. The first-order valence-electron chi connectivity index (χ1n) is 15.3. The molecule has 0 amide bonds. The third kappa shape index (κ3) is 27.1. The quantitative estimate of drug-likeness (QED) is 0.131. The van der Waals surface area contributed by atoms with E-state index in [0.29, 0.717) is 0 Å². The highest BCUT2D eigenvalue weighted by molar-refractivity contribution is 5.31. The zero-order chi connectivity index (χ0) is 31.1. The maximum absolute atomic E-state index is 9.83. The number of rotatable bonds is 18. The van der Waals surface area contributed by atoms with Crippen molar-refractivity contribution < 1.29 is 5.11 Å². The van der Waals surface area contributed by atoms with Gasteiger partial charge in [-0.25, -0.2) is 0 Å². The molecule has 0 rings (SSSR count). The molecule has 0 radical (unpaired) electrons. The Morgan fingerprint density at radius 3 is 1.37 bits per heavy atom. The lowest BCUT2D eigenvalue weighted by molar-refractivity contribution is 0.0689. The summed E-state index contributed by atoms with van der Waals surface area (Å²) in [7, 11) is 0. The fraction of sp³-hybridized carbons (Fsp3) is 0.450. The van der Waals surface area contributed by atoms with E-state index in [2.05, 4.69) is 147 Å². The van der Waals surface area contributed by atoms with E-state index in [1.165, 1.54) is 39.0 Å². The van der Waals surface area contributed by atoms with Gasteiger partial charge >= 0.3 is 0 Å². The summed E-state index contributed by atoms with van der Waals surface area (Å²) in [5, 5.41) is 9.83. The molecule has 0 unspecified atom stereocenters. The predicted molar refractivity (Wildman–Crippen MR) is 187 cm³/mol. The number of allylic oxidation sites excluding steroid dienone is 22. The van der Waals surface area contributed by atoms with Gasteiger partial charge < -0.3 is 5.11 Å². The van der Waals surface area contributed by atoms with E-state index in [0.717, 1.165) is 44.9 Å². The normalized spacial score (nSPS) is 15.4. The highest BCUT2D eigenvalue weighted by Crippen LogP contribution is 2.16. The lowest BCUT2D eigenvalue weighted by atomic mass is 9.99. The highest BCUT2D eigenvalue weighted by atomic mass is 16.3. The molecule has 1 N–H and O–H groups in total. The minimum Gasteiger partial charge on any atom is -0.390 e. The van der Waals surface area contributed by atoms with Gasteiger partial charge in [-0.3, -0.25) is 0 Å². The molecule has 0 aliphatic carbocycles. The maximum Gasteiger partial charge on any atom is 0.0591 e. The van der Waals surface area contributed by atoms with E-state index in [9.17, 15) is 5.11 Å². The first-order valence-corrected chi connectivity index (χ1v) is 15.3. The Hall–Kier alpha value is -2.90. The van der Waals surface area contributed by atoms with Crippen LogP contribution in [0.4, 0.5) is 0 Å². The Balaban J connectivity index is 4.58. The molecule has 0 saturated heterocycles. The van der Waals surface area contributed by atoms with Crippen molar-refractivity contribution in [3.63, 3.8) is 0 Å². The van der Waals surface area contributed by atoms with Crippen molar-refractivity contribution in [3.05, 3.63) is 130 Å². The summed E-state index contributed by atoms with van der Waals surface area (Å²) in [6, 6.07) is 0. The van der Waals surface area contributed by atoms with E-state index < -0.39 is 5.60 Å². The van der Waals surface area contributed by atoms with Crippen molar-refractivity contribution >= 4 is 0 Å².